The molecule has 1 saturated heterocycles. The molecule has 0 aromatic carbocycles. The van der Waals surface area contributed by atoms with Crippen LogP contribution in [0.2, 0.25) is 0 Å². The van der Waals surface area contributed by atoms with Crippen molar-refractivity contribution < 1.29 is 35.2 Å². The minimum Gasteiger partial charge on any atom is -0.394 e. The molecule has 94 valence electrons. The van der Waals surface area contributed by atoms with E-state index >= 15 is 0 Å². The van der Waals surface area contributed by atoms with Gasteiger partial charge >= 0.3 is 0 Å². The summed E-state index contributed by atoms with van der Waals surface area (Å²) in [5, 5.41) is 56.5. The molecule has 9 heteroatoms. The molecule has 9 nitrogen and oxygen atoms in total. The van der Waals surface area contributed by atoms with Gasteiger partial charge in [-0.05, 0) is 0 Å². The predicted octanol–water partition coefficient (Wildman–Crippen LogP) is -3.57. The molecule has 0 aliphatic carbocycles. The van der Waals surface area contributed by atoms with Gasteiger partial charge in [0.05, 0.1) is 6.61 Å². The van der Waals surface area contributed by atoms with Gasteiger partial charge in [0.2, 0.25) is 6.54 Å². The summed E-state index contributed by atoms with van der Waals surface area (Å²) in [4.78, 5) is 9.41. The first-order valence-electron chi connectivity index (χ1n) is 4.47. The summed E-state index contributed by atoms with van der Waals surface area (Å²) in [6.45, 7) is -1.95. The molecule has 1 fully saturated rings. The van der Waals surface area contributed by atoms with Crippen molar-refractivity contribution in [2.24, 2.45) is 0 Å². The van der Waals surface area contributed by atoms with Crippen molar-refractivity contribution in [1.29, 1.82) is 0 Å². The molecule has 1 heterocycles. The fourth-order valence-electron chi connectivity index (χ4n) is 1.67. The smallest absolute Gasteiger partial charge is 0.237 e. The zero-order chi connectivity index (χ0) is 12.5. The van der Waals surface area contributed by atoms with E-state index in [2.05, 4.69) is 4.74 Å². The Balaban J connectivity index is 2.94. The van der Waals surface area contributed by atoms with Crippen LogP contribution in [0.25, 0.3) is 0 Å². The lowest BCUT2D eigenvalue weighted by molar-refractivity contribution is -0.506. The van der Waals surface area contributed by atoms with Gasteiger partial charge in [0.25, 0.3) is 0 Å². The van der Waals surface area contributed by atoms with Gasteiger partial charge in [-0.15, -0.1) is 0 Å². The van der Waals surface area contributed by atoms with Crippen LogP contribution >= 0.6 is 0 Å². The van der Waals surface area contributed by atoms with Crippen molar-refractivity contribution in [2.45, 2.75) is 30.2 Å². The SMILES string of the molecule is O=[N+]([O-])C[C@]1(O)[C@@H]([C@H](O)CO)OC(O)[C@@H]1O. The number of nitro groups is 1. The van der Waals surface area contributed by atoms with Crippen molar-refractivity contribution in [3.8, 4) is 0 Å². The topological polar surface area (TPSA) is 154 Å². The van der Waals surface area contributed by atoms with Crippen molar-refractivity contribution in [3.63, 3.8) is 0 Å². The Morgan fingerprint density at radius 3 is 2.50 bits per heavy atom. The van der Waals surface area contributed by atoms with Crippen LogP contribution in [0.15, 0.2) is 0 Å². The second-order valence-corrected chi connectivity index (χ2v) is 3.62. The third-order valence-electron chi connectivity index (χ3n) is 2.48. The maximum atomic E-state index is 10.3. The Morgan fingerprint density at radius 1 is 1.50 bits per heavy atom. The number of aliphatic hydroxyl groups is 5. The third-order valence-corrected chi connectivity index (χ3v) is 2.48. The van der Waals surface area contributed by atoms with E-state index in [1.165, 1.54) is 0 Å². The average Bonchev–Trinajstić information content (AvgIpc) is 2.41. The molecule has 0 radical (unpaired) electrons. The van der Waals surface area contributed by atoms with Gasteiger partial charge in [0, 0.05) is 4.92 Å². The van der Waals surface area contributed by atoms with Gasteiger partial charge in [-0.2, -0.15) is 0 Å². The molecule has 0 spiro atoms. The van der Waals surface area contributed by atoms with Crippen LogP contribution in [0.5, 0.6) is 0 Å². The van der Waals surface area contributed by atoms with E-state index in [-0.39, 0.29) is 0 Å². The molecule has 1 aliphatic rings. The summed E-state index contributed by atoms with van der Waals surface area (Å²) in [7, 11) is 0. The fourth-order valence-corrected chi connectivity index (χ4v) is 1.67. The number of hydrogen-bond acceptors (Lipinski definition) is 8. The summed E-state index contributed by atoms with van der Waals surface area (Å²) < 4.78 is 4.58. The first-order chi connectivity index (χ1) is 7.32. The molecule has 5 atom stereocenters. The standard InChI is InChI=1S/C7H13NO8/c9-1-3(10)5-7(13,2-8(14)15)4(11)6(12)16-5/h3-6,9-13H,1-2H2/t3-,4+,5-,6?,7-/m1/s1. The zero-order valence-corrected chi connectivity index (χ0v) is 8.13. The molecular formula is C7H13NO8. The molecule has 0 saturated carbocycles. The molecule has 1 aliphatic heterocycles. The average molecular weight is 239 g/mol. The van der Waals surface area contributed by atoms with E-state index in [1.807, 2.05) is 0 Å². The first-order valence-corrected chi connectivity index (χ1v) is 4.47. The summed E-state index contributed by atoms with van der Waals surface area (Å²) in [5.41, 5.74) is -2.44. The Bertz CT molecular complexity index is 273. The summed E-state index contributed by atoms with van der Waals surface area (Å²) >= 11 is 0. The third kappa shape index (κ3) is 2.14. The maximum Gasteiger partial charge on any atom is 0.237 e. The Hall–Kier alpha value is -0.840. The molecule has 16 heavy (non-hydrogen) atoms. The van der Waals surface area contributed by atoms with Gasteiger partial charge in [0.15, 0.2) is 11.9 Å². The highest BCUT2D eigenvalue weighted by molar-refractivity contribution is 5.03. The highest BCUT2D eigenvalue weighted by Crippen LogP contribution is 2.32. The Kier molecular flexibility index (Phi) is 3.78. The van der Waals surface area contributed by atoms with Crippen LogP contribution in [0.1, 0.15) is 0 Å². The van der Waals surface area contributed by atoms with E-state index in [0.29, 0.717) is 0 Å². The van der Waals surface area contributed by atoms with E-state index in [1.54, 1.807) is 0 Å². The largest absolute Gasteiger partial charge is 0.394 e. The predicted molar refractivity (Wildman–Crippen MR) is 46.8 cm³/mol. The van der Waals surface area contributed by atoms with Gasteiger partial charge in [0.1, 0.15) is 18.3 Å². The molecule has 1 unspecified atom stereocenters. The number of nitrogens with zero attached hydrogens (tertiary/aromatic N) is 1. The molecule has 1 rings (SSSR count). The van der Waals surface area contributed by atoms with Crippen LogP contribution in [0.4, 0.5) is 0 Å². The van der Waals surface area contributed by atoms with Crippen LogP contribution in [-0.2, 0) is 4.74 Å². The zero-order valence-electron chi connectivity index (χ0n) is 8.13. The van der Waals surface area contributed by atoms with Crippen molar-refractivity contribution in [1.82, 2.24) is 0 Å². The number of aliphatic hydroxyl groups excluding tert-OH is 4. The molecule has 0 bridgehead atoms. The lowest BCUT2D eigenvalue weighted by atomic mass is 9.89. The van der Waals surface area contributed by atoms with Crippen molar-refractivity contribution >= 4 is 0 Å². The van der Waals surface area contributed by atoms with Gasteiger partial charge in [-0.25, -0.2) is 0 Å². The number of ether oxygens (including phenoxy) is 1. The molecule has 0 aromatic rings. The highest BCUT2D eigenvalue weighted by atomic mass is 16.7. The van der Waals surface area contributed by atoms with E-state index in [0.717, 1.165) is 0 Å². The van der Waals surface area contributed by atoms with Crippen molar-refractivity contribution in [3.05, 3.63) is 10.1 Å². The summed E-state index contributed by atoms with van der Waals surface area (Å²) in [6, 6.07) is 0. The summed E-state index contributed by atoms with van der Waals surface area (Å²) in [5.74, 6) is 0. The highest BCUT2D eigenvalue weighted by Gasteiger charge is 2.60. The van der Waals surface area contributed by atoms with Gasteiger partial charge in [-0.3, -0.25) is 10.1 Å². The van der Waals surface area contributed by atoms with Crippen LogP contribution in [0, 0.1) is 10.1 Å². The normalized spacial score (nSPS) is 40.9. The molecule has 5 N–H and O–H groups in total. The van der Waals surface area contributed by atoms with E-state index in [4.69, 9.17) is 10.2 Å². The minimum atomic E-state index is -2.44. The quantitative estimate of drug-likeness (QED) is 0.249. The van der Waals surface area contributed by atoms with Crippen LogP contribution in [0.3, 0.4) is 0 Å². The van der Waals surface area contributed by atoms with E-state index in [9.17, 15) is 25.4 Å². The lowest BCUT2D eigenvalue weighted by Crippen LogP contribution is -2.57. The van der Waals surface area contributed by atoms with Gasteiger partial charge < -0.3 is 30.3 Å². The monoisotopic (exact) mass is 239 g/mol. The Labute approximate surface area is 89.7 Å². The molecule has 0 amide bonds. The van der Waals surface area contributed by atoms with Crippen LogP contribution < -0.4 is 0 Å². The van der Waals surface area contributed by atoms with Crippen molar-refractivity contribution in [2.75, 3.05) is 13.2 Å². The second kappa shape index (κ2) is 4.57. The first kappa shape index (κ1) is 13.2. The van der Waals surface area contributed by atoms with Crippen LogP contribution in [-0.4, -0.2) is 73.8 Å². The number of rotatable bonds is 4. The fraction of sp³-hybridized carbons (Fsp3) is 1.00. The Morgan fingerprint density at radius 2 is 2.06 bits per heavy atom. The second-order valence-electron chi connectivity index (χ2n) is 3.62. The molecule has 0 aromatic heterocycles. The molecular weight excluding hydrogens is 226 g/mol. The lowest BCUT2D eigenvalue weighted by Gasteiger charge is -2.28. The summed E-state index contributed by atoms with van der Waals surface area (Å²) in [6.07, 6.45) is -7.05. The minimum absolute atomic E-state index is 0.829. The maximum absolute atomic E-state index is 10.3. The number of hydrogen-bond donors (Lipinski definition) is 5. The van der Waals surface area contributed by atoms with E-state index < -0.39 is 48.3 Å². The van der Waals surface area contributed by atoms with Gasteiger partial charge in [-0.1, -0.05) is 0 Å².